The Morgan fingerprint density at radius 1 is 1.14 bits per heavy atom. The Morgan fingerprint density at radius 2 is 1.86 bits per heavy atom. The number of ether oxygens (including phenoxy) is 1. The van der Waals surface area contributed by atoms with E-state index in [9.17, 15) is 9.59 Å². The van der Waals surface area contributed by atoms with E-state index in [4.69, 9.17) is 0 Å². The maximum atomic E-state index is 11.2. The second kappa shape index (κ2) is 2.32. The molecule has 3 rings (SSSR count). The van der Waals surface area contributed by atoms with Gasteiger partial charge in [-0.05, 0) is 0 Å². The number of nitrogens with one attached hydrogen (secondary N) is 1. The Labute approximate surface area is 79.1 Å². The van der Waals surface area contributed by atoms with E-state index >= 15 is 0 Å². The van der Waals surface area contributed by atoms with Crippen molar-refractivity contribution in [2.75, 3.05) is 0 Å². The van der Waals surface area contributed by atoms with Gasteiger partial charge in [0.15, 0.2) is 0 Å². The van der Waals surface area contributed by atoms with Gasteiger partial charge < -0.3 is 0 Å². The molecule has 2 aromatic rings. The van der Waals surface area contributed by atoms with Crippen LogP contribution in [0, 0.1) is 0 Å². The summed E-state index contributed by atoms with van der Waals surface area (Å²) in [4.78, 5) is 25.3. The van der Waals surface area contributed by atoms with E-state index in [1.54, 1.807) is 18.2 Å². The SMILES string of the molecule is O=C1OC(=O)c2cc3[nH]cbc3cc21. The Hall–Kier alpha value is -1.91. The topological polar surface area (TPSA) is 59.2 Å². The third-order valence-electron chi connectivity index (χ3n) is 2.32. The minimum absolute atomic E-state index is 0.338. The molecule has 14 heavy (non-hydrogen) atoms. The third kappa shape index (κ3) is 0.811. The molecule has 66 valence electrons. The molecule has 0 bridgehead atoms. The van der Waals surface area contributed by atoms with Gasteiger partial charge in [0.05, 0.1) is 0 Å². The van der Waals surface area contributed by atoms with Crippen molar-refractivity contribution in [3.05, 3.63) is 29.4 Å². The van der Waals surface area contributed by atoms with Crippen LogP contribution < -0.4 is 0 Å². The van der Waals surface area contributed by atoms with Crippen molar-refractivity contribution in [1.29, 1.82) is 0 Å². The monoisotopic (exact) mass is 185 g/mol. The summed E-state index contributed by atoms with van der Waals surface area (Å²) in [6.45, 7) is 1.84. The number of H-pyrrole nitrogens is 1. The molecule has 0 spiro atoms. The van der Waals surface area contributed by atoms with Crippen LogP contribution >= 0.6 is 0 Å². The molecule has 0 radical (unpaired) electrons. The van der Waals surface area contributed by atoms with Gasteiger partial charge in [-0.3, -0.25) is 0 Å². The molecule has 2 heterocycles. The van der Waals surface area contributed by atoms with Crippen LogP contribution in [-0.4, -0.2) is 23.8 Å². The Balaban J connectivity index is 2.43. The minimum atomic E-state index is -0.568. The molecule has 0 unspecified atom stereocenters. The van der Waals surface area contributed by atoms with Crippen molar-refractivity contribution in [1.82, 2.24) is 4.98 Å². The molecule has 4 nitrogen and oxygen atoms in total. The number of rotatable bonds is 0. The number of carbonyl (C=O) groups is 2. The number of aromatic nitrogens is 1. The first kappa shape index (κ1) is 7.49. The van der Waals surface area contributed by atoms with E-state index in [0.29, 0.717) is 11.1 Å². The first-order chi connectivity index (χ1) is 6.75. The number of esters is 2. The van der Waals surface area contributed by atoms with E-state index in [2.05, 4.69) is 9.72 Å². The van der Waals surface area contributed by atoms with Crippen molar-refractivity contribution >= 4 is 29.6 Å². The summed E-state index contributed by atoms with van der Waals surface area (Å²) in [5, 5.41) is 0.899. The van der Waals surface area contributed by atoms with Crippen LogP contribution in [0.2, 0.25) is 0 Å². The molecule has 1 aromatic heterocycles. The van der Waals surface area contributed by atoms with Crippen LogP contribution in [0.4, 0.5) is 0 Å². The van der Waals surface area contributed by atoms with Gasteiger partial charge in [0.25, 0.3) is 0 Å². The van der Waals surface area contributed by atoms with Crippen LogP contribution in [0.25, 0.3) is 10.8 Å². The summed E-state index contributed by atoms with van der Waals surface area (Å²) in [6, 6.07) is 3.30. The van der Waals surface area contributed by atoms with Gasteiger partial charge >= 0.3 is 78.3 Å². The molecule has 0 saturated carbocycles. The van der Waals surface area contributed by atoms with E-state index < -0.39 is 11.9 Å². The van der Waals surface area contributed by atoms with Gasteiger partial charge in [-0.1, -0.05) is 0 Å². The molecule has 0 amide bonds. The first-order valence-corrected chi connectivity index (χ1v) is 4.13. The van der Waals surface area contributed by atoms with E-state index in [0.717, 1.165) is 10.8 Å². The molecule has 0 fully saturated rings. The predicted octanol–water partition coefficient (Wildman–Crippen LogP) is 0.817. The number of cyclic esters (lactones) is 2. The molecular formula is C9H4BNO3. The van der Waals surface area contributed by atoms with Crippen molar-refractivity contribution in [2.45, 2.75) is 0 Å². The summed E-state index contributed by atoms with van der Waals surface area (Å²) < 4.78 is 4.48. The van der Waals surface area contributed by atoms with Gasteiger partial charge in [0, 0.05) is 0 Å². The van der Waals surface area contributed by atoms with Crippen molar-refractivity contribution in [2.24, 2.45) is 0 Å². The molecule has 0 saturated heterocycles. The van der Waals surface area contributed by atoms with Gasteiger partial charge in [-0.25, -0.2) is 0 Å². The van der Waals surface area contributed by atoms with Crippen LogP contribution in [0.1, 0.15) is 20.7 Å². The Kier molecular flexibility index (Phi) is 1.24. The van der Waals surface area contributed by atoms with Crippen molar-refractivity contribution < 1.29 is 14.3 Å². The average Bonchev–Trinajstić information content (AvgIpc) is 2.70. The standard InChI is InChI=1S/C9H4BNO3/c12-8-4-1-6-7(11-3-10-6)2-5(4)9(13)14-8/h1-3,11H. The van der Waals surface area contributed by atoms with Crippen molar-refractivity contribution in [3.63, 3.8) is 0 Å². The number of hydrogen-bond acceptors (Lipinski definition) is 3. The summed E-state index contributed by atoms with van der Waals surface area (Å²) in [5.74, 6) is -1.13. The Bertz CT molecular complexity index is 524. The summed E-state index contributed by atoms with van der Waals surface area (Å²) in [5.41, 5.74) is 1.52. The molecule has 1 N–H and O–H groups in total. The quantitative estimate of drug-likeness (QED) is 0.488. The molecular weight excluding hydrogens is 181 g/mol. The van der Waals surface area contributed by atoms with E-state index in [1.807, 2.05) is 6.91 Å². The van der Waals surface area contributed by atoms with Gasteiger partial charge in [-0.15, -0.1) is 0 Å². The predicted molar refractivity (Wildman–Crippen MR) is 49.4 cm³/mol. The van der Waals surface area contributed by atoms with Crippen LogP contribution in [-0.2, 0) is 4.74 Å². The second-order valence-electron chi connectivity index (χ2n) is 3.14. The van der Waals surface area contributed by atoms with E-state index in [-0.39, 0.29) is 0 Å². The first-order valence-electron chi connectivity index (χ1n) is 4.13. The van der Waals surface area contributed by atoms with Gasteiger partial charge in [0.2, 0.25) is 0 Å². The molecule has 1 aliphatic heterocycles. The molecule has 0 atom stereocenters. The van der Waals surface area contributed by atoms with Gasteiger partial charge in [-0.2, -0.15) is 0 Å². The second-order valence-corrected chi connectivity index (χ2v) is 3.14. The maximum absolute atomic E-state index is 11.2. The summed E-state index contributed by atoms with van der Waals surface area (Å²) in [7, 11) is 0. The zero-order valence-electron chi connectivity index (χ0n) is 7.03. The molecule has 1 aromatic carbocycles. The zero-order valence-corrected chi connectivity index (χ0v) is 7.03. The summed E-state index contributed by atoms with van der Waals surface area (Å²) in [6.07, 6.45) is 1.76. The molecule has 0 aliphatic carbocycles. The molecule has 5 heteroatoms. The fourth-order valence-corrected chi connectivity index (χ4v) is 1.63. The number of carbonyl (C=O) groups excluding carboxylic acids is 2. The third-order valence-corrected chi connectivity index (χ3v) is 2.32. The van der Waals surface area contributed by atoms with Crippen molar-refractivity contribution in [3.8, 4) is 0 Å². The Morgan fingerprint density at radius 3 is 2.64 bits per heavy atom. The number of benzene rings is 1. The summed E-state index contributed by atoms with van der Waals surface area (Å²) >= 11 is 0. The number of aromatic amines is 1. The average molecular weight is 185 g/mol. The van der Waals surface area contributed by atoms with Gasteiger partial charge in [0.1, 0.15) is 0 Å². The van der Waals surface area contributed by atoms with Crippen LogP contribution in [0.3, 0.4) is 0 Å². The fraction of sp³-hybridized carbons (Fsp3) is 0. The zero-order chi connectivity index (χ0) is 9.71. The fourth-order valence-electron chi connectivity index (χ4n) is 1.63. The van der Waals surface area contributed by atoms with Crippen LogP contribution in [0.5, 0.6) is 0 Å². The number of fused-ring (bicyclic) bond motifs is 2. The normalized spacial score (nSPS) is 14.3. The van der Waals surface area contributed by atoms with E-state index in [1.165, 1.54) is 0 Å². The van der Waals surface area contributed by atoms with Crippen LogP contribution in [0.15, 0.2) is 18.2 Å². The molecule has 1 aliphatic rings. The number of hydrogen-bond donors (Lipinski definition) is 1.